The van der Waals surface area contributed by atoms with Gasteiger partial charge >= 0.3 is 6.03 Å². The van der Waals surface area contributed by atoms with Crippen molar-refractivity contribution >= 4 is 33.1 Å². The van der Waals surface area contributed by atoms with Crippen LogP contribution < -0.4 is 15.4 Å². The standard InChI is InChI=1S/C17H22N4O4S2/c1-27(23,24)21-7-3-5-14(9-21)20-17(22)19-13-4-2-6-16(8-13)25-10-15-11-26-12-18-15/h2,4,6,8,11-12,14H,3,5,7,9-10H2,1H3,(H2,19,20,22). The molecule has 0 bridgehead atoms. The Morgan fingerprint density at radius 3 is 3.04 bits per heavy atom. The second-order valence-electron chi connectivity index (χ2n) is 6.35. The zero-order chi connectivity index (χ0) is 19.3. The topological polar surface area (TPSA) is 101 Å². The van der Waals surface area contributed by atoms with Gasteiger partial charge in [0.25, 0.3) is 0 Å². The molecule has 1 aromatic carbocycles. The maximum Gasteiger partial charge on any atom is 0.319 e. The Morgan fingerprint density at radius 1 is 1.44 bits per heavy atom. The predicted octanol–water partition coefficient (Wildman–Crippen LogP) is 2.27. The lowest BCUT2D eigenvalue weighted by atomic mass is 10.1. The van der Waals surface area contributed by atoms with Gasteiger partial charge in [-0.05, 0) is 25.0 Å². The Balaban J connectivity index is 1.52. The zero-order valence-corrected chi connectivity index (χ0v) is 16.6. The number of nitrogens with zero attached hydrogens (tertiary/aromatic N) is 2. The number of rotatable bonds is 6. The molecule has 2 amide bonds. The summed E-state index contributed by atoms with van der Waals surface area (Å²) >= 11 is 1.51. The smallest absolute Gasteiger partial charge is 0.319 e. The molecular weight excluding hydrogens is 388 g/mol. The lowest BCUT2D eigenvalue weighted by molar-refractivity contribution is 0.236. The number of carbonyl (C=O) groups is 1. The van der Waals surface area contributed by atoms with Gasteiger partial charge < -0.3 is 15.4 Å². The van der Waals surface area contributed by atoms with E-state index < -0.39 is 10.0 Å². The molecule has 27 heavy (non-hydrogen) atoms. The van der Waals surface area contributed by atoms with Gasteiger partial charge in [-0.3, -0.25) is 0 Å². The molecule has 1 aliphatic heterocycles. The maximum absolute atomic E-state index is 12.3. The highest BCUT2D eigenvalue weighted by atomic mass is 32.2. The molecule has 3 rings (SSSR count). The molecule has 1 fully saturated rings. The summed E-state index contributed by atoms with van der Waals surface area (Å²) in [5, 5.41) is 7.52. The summed E-state index contributed by atoms with van der Waals surface area (Å²) in [4.78, 5) is 16.4. The van der Waals surface area contributed by atoms with Crippen molar-refractivity contribution in [3.63, 3.8) is 0 Å². The lowest BCUT2D eigenvalue weighted by Crippen LogP contribution is -2.50. The van der Waals surface area contributed by atoms with Crippen molar-refractivity contribution in [2.75, 3.05) is 24.7 Å². The number of anilines is 1. The first-order chi connectivity index (χ1) is 12.9. The largest absolute Gasteiger partial charge is 0.487 e. The lowest BCUT2D eigenvalue weighted by Gasteiger charge is -2.31. The van der Waals surface area contributed by atoms with E-state index in [-0.39, 0.29) is 12.1 Å². The van der Waals surface area contributed by atoms with E-state index >= 15 is 0 Å². The van der Waals surface area contributed by atoms with E-state index in [1.54, 1.807) is 29.8 Å². The van der Waals surface area contributed by atoms with Crippen molar-refractivity contribution in [2.45, 2.75) is 25.5 Å². The summed E-state index contributed by atoms with van der Waals surface area (Å²) in [6, 6.07) is 6.51. The summed E-state index contributed by atoms with van der Waals surface area (Å²) in [6.45, 7) is 1.16. The normalized spacial score (nSPS) is 18.0. The fourth-order valence-electron chi connectivity index (χ4n) is 2.84. The number of amides is 2. The van der Waals surface area contributed by atoms with Crippen LogP contribution in [0.1, 0.15) is 18.5 Å². The van der Waals surface area contributed by atoms with Crippen LogP contribution in [0.4, 0.5) is 10.5 Å². The highest BCUT2D eigenvalue weighted by Crippen LogP contribution is 2.19. The first kappa shape index (κ1) is 19.6. The van der Waals surface area contributed by atoms with Gasteiger partial charge in [0.1, 0.15) is 12.4 Å². The average Bonchev–Trinajstić information content (AvgIpc) is 3.13. The molecule has 10 heteroatoms. The third-order valence-corrected chi connectivity index (χ3v) is 6.06. The van der Waals surface area contributed by atoms with Crippen LogP contribution in [0, 0.1) is 0 Å². The third kappa shape index (κ3) is 5.91. The molecule has 0 radical (unpaired) electrons. The molecule has 1 atom stereocenters. The van der Waals surface area contributed by atoms with Crippen LogP contribution >= 0.6 is 11.3 Å². The molecule has 1 unspecified atom stereocenters. The minimum Gasteiger partial charge on any atom is -0.487 e. The van der Waals surface area contributed by atoms with Crippen molar-refractivity contribution in [3.05, 3.63) is 40.8 Å². The van der Waals surface area contributed by atoms with Gasteiger partial charge in [-0.25, -0.2) is 22.5 Å². The fourth-order valence-corrected chi connectivity index (χ4v) is 4.30. The van der Waals surface area contributed by atoms with Crippen LogP contribution in [0.2, 0.25) is 0 Å². The molecule has 1 saturated heterocycles. The van der Waals surface area contributed by atoms with Crippen LogP contribution in [-0.4, -0.2) is 49.1 Å². The maximum atomic E-state index is 12.3. The Bertz CT molecular complexity index is 871. The van der Waals surface area contributed by atoms with Gasteiger partial charge in [0.05, 0.1) is 17.5 Å². The second kappa shape index (κ2) is 8.68. The van der Waals surface area contributed by atoms with E-state index in [9.17, 15) is 13.2 Å². The predicted molar refractivity (Wildman–Crippen MR) is 104 cm³/mol. The summed E-state index contributed by atoms with van der Waals surface area (Å²) in [7, 11) is -3.24. The van der Waals surface area contributed by atoms with Gasteiger partial charge in [-0.1, -0.05) is 6.07 Å². The van der Waals surface area contributed by atoms with Gasteiger partial charge in [0.2, 0.25) is 10.0 Å². The van der Waals surface area contributed by atoms with Crippen LogP contribution in [0.3, 0.4) is 0 Å². The first-order valence-electron chi connectivity index (χ1n) is 8.53. The van der Waals surface area contributed by atoms with E-state index in [1.165, 1.54) is 21.9 Å². The minimum atomic E-state index is -3.24. The van der Waals surface area contributed by atoms with E-state index in [2.05, 4.69) is 15.6 Å². The third-order valence-electron chi connectivity index (χ3n) is 4.15. The summed E-state index contributed by atoms with van der Waals surface area (Å²) in [6.07, 6.45) is 2.65. The molecule has 0 spiro atoms. The summed E-state index contributed by atoms with van der Waals surface area (Å²) in [5.41, 5.74) is 3.19. The number of ether oxygens (including phenoxy) is 1. The van der Waals surface area contributed by atoms with Gasteiger partial charge in [0, 0.05) is 36.3 Å². The minimum absolute atomic E-state index is 0.211. The number of hydrogen-bond acceptors (Lipinski definition) is 6. The molecule has 1 aromatic heterocycles. The zero-order valence-electron chi connectivity index (χ0n) is 14.9. The Hall–Kier alpha value is -2.17. The molecule has 2 heterocycles. The fraction of sp³-hybridized carbons (Fsp3) is 0.412. The highest BCUT2D eigenvalue weighted by Gasteiger charge is 2.26. The number of carbonyl (C=O) groups excluding carboxylic acids is 1. The SMILES string of the molecule is CS(=O)(=O)N1CCCC(NC(=O)Nc2cccc(OCc3cscn3)c2)C1. The van der Waals surface area contributed by atoms with Crippen LogP contribution in [-0.2, 0) is 16.6 Å². The van der Waals surface area contributed by atoms with Crippen molar-refractivity contribution < 1.29 is 17.9 Å². The van der Waals surface area contributed by atoms with E-state index in [0.29, 0.717) is 31.1 Å². The number of benzene rings is 1. The van der Waals surface area contributed by atoms with Crippen molar-refractivity contribution in [3.8, 4) is 5.75 Å². The molecular formula is C17H22N4O4S2. The van der Waals surface area contributed by atoms with Crippen LogP contribution in [0.5, 0.6) is 5.75 Å². The highest BCUT2D eigenvalue weighted by molar-refractivity contribution is 7.88. The van der Waals surface area contributed by atoms with Crippen LogP contribution in [0.25, 0.3) is 0 Å². The Kier molecular flexibility index (Phi) is 6.30. The van der Waals surface area contributed by atoms with E-state index in [4.69, 9.17) is 4.74 Å². The number of nitrogens with one attached hydrogen (secondary N) is 2. The molecule has 8 nitrogen and oxygen atoms in total. The summed E-state index contributed by atoms with van der Waals surface area (Å²) < 4.78 is 30.4. The van der Waals surface area contributed by atoms with E-state index in [1.807, 2.05) is 5.38 Å². The Labute approximate surface area is 162 Å². The number of hydrogen-bond donors (Lipinski definition) is 2. The number of urea groups is 1. The van der Waals surface area contributed by atoms with Gasteiger partial charge in [0.15, 0.2) is 0 Å². The van der Waals surface area contributed by atoms with Gasteiger partial charge in [-0.15, -0.1) is 11.3 Å². The summed E-state index contributed by atoms with van der Waals surface area (Å²) in [5.74, 6) is 0.627. The van der Waals surface area contributed by atoms with Gasteiger partial charge in [-0.2, -0.15) is 0 Å². The van der Waals surface area contributed by atoms with Crippen molar-refractivity contribution in [1.29, 1.82) is 0 Å². The average molecular weight is 411 g/mol. The number of sulfonamides is 1. The number of piperidine rings is 1. The van der Waals surface area contributed by atoms with E-state index in [0.717, 1.165) is 18.5 Å². The number of aromatic nitrogens is 1. The van der Waals surface area contributed by atoms with Crippen molar-refractivity contribution in [2.24, 2.45) is 0 Å². The first-order valence-corrected chi connectivity index (χ1v) is 11.3. The van der Waals surface area contributed by atoms with Crippen LogP contribution in [0.15, 0.2) is 35.2 Å². The molecule has 2 aromatic rings. The molecule has 146 valence electrons. The molecule has 1 aliphatic rings. The quantitative estimate of drug-likeness (QED) is 0.761. The number of thiazole rings is 1. The monoisotopic (exact) mass is 410 g/mol. The second-order valence-corrected chi connectivity index (χ2v) is 9.06. The molecule has 2 N–H and O–H groups in total. The van der Waals surface area contributed by atoms with Crippen molar-refractivity contribution in [1.82, 2.24) is 14.6 Å². The Morgan fingerprint density at radius 2 is 2.30 bits per heavy atom. The molecule has 0 aliphatic carbocycles. The molecule has 0 saturated carbocycles.